The summed E-state index contributed by atoms with van der Waals surface area (Å²) in [5.74, 6) is 0. The summed E-state index contributed by atoms with van der Waals surface area (Å²) in [5, 5.41) is 3.41. The van der Waals surface area contributed by atoms with Gasteiger partial charge in [0.1, 0.15) is 0 Å². The Kier molecular flexibility index (Phi) is 5.44. The van der Waals surface area contributed by atoms with Crippen LogP contribution in [0.1, 0.15) is 30.9 Å². The fourth-order valence-corrected chi connectivity index (χ4v) is 3.10. The highest BCUT2D eigenvalue weighted by molar-refractivity contribution is 5.52. The predicted octanol–water partition coefficient (Wildman–Crippen LogP) is 2.63. The molecule has 1 heterocycles. The van der Waals surface area contributed by atoms with E-state index >= 15 is 0 Å². The fraction of sp³-hybridized carbons (Fsp3) is 0.647. The third kappa shape index (κ3) is 3.74. The highest BCUT2D eigenvalue weighted by atomic mass is 15.2. The first-order valence-electron chi connectivity index (χ1n) is 7.83. The van der Waals surface area contributed by atoms with Gasteiger partial charge < -0.3 is 15.1 Å². The second-order valence-electron chi connectivity index (χ2n) is 6.14. The quantitative estimate of drug-likeness (QED) is 0.861. The molecule has 0 spiro atoms. The van der Waals surface area contributed by atoms with Crippen molar-refractivity contribution < 1.29 is 0 Å². The molecule has 1 N–H and O–H groups in total. The van der Waals surface area contributed by atoms with Crippen molar-refractivity contribution in [3.05, 3.63) is 29.3 Å². The molecular formula is C17H29N3. The molecule has 0 amide bonds. The van der Waals surface area contributed by atoms with Crippen molar-refractivity contribution in [2.24, 2.45) is 0 Å². The summed E-state index contributed by atoms with van der Waals surface area (Å²) in [5.41, 5.74) is 4.21. The number of anilines is 1. The van der Waals surface area contributed by atoms with E-state index in [-0.39, 0.29) is 0 Å². The zero-order valence-corrected chi connectivity index (χ0v) is 13.4. The average Bonchev–Trinajstić information content (AvgIpc) is 2.84. The molecule has 1 saturated heterocycles. The molecular weight excluding hydrogens is 246 g/mol. The van der Waals surface area contributed by atoms with Gasteiger partial charge in [-0.15, -0.1) is 0 Å². The Morgan fingerprint density at radius 3 is 2.80 bits per heavy atom. The molecule has 1 aromatic rings. The number of hydrogen-bond donors (Lipinski definition) is 1. The van der Waals surface area contributed by atoms with Crippen LogP contribution in [0.25, 0.3) is 0 Å². The number of benzene rings is 1. The first kappa shape index (κ1) is 15.3. The van der Waals surface area contributed by atoms with Crippen LogP contribution >= 0.6 is 0 Å². The molecule has 3 heteroatoms. The van der Waals surface area contributed by atoms with E-state index in [1.165, 1.54) is 36.2 Å². The second kappa shape index (κ2) is 7.09. The minimum absolute atomic E-state index is 0.670. The smallest absolute Gasteiger partial charge is 0.0417 e. The summed E-state index contributed by atoms with van der Waals surface area (Å²) < 4.78 is 0. The van der Waals surface area contributed by atoms with Gasteiger partial charge in [0.2, 0.25) is 0 Å². The van der Waals surface area contributed by atoms with E-state index in [9.17, 15) is 0 Å². The van der Waals surface area contributed by atoms with Crippen LogP contribution in [0, 0.1) is 6.92 Å². The van der Waals surface area contributed by atoms with Crippen molar-refractivity contribution >= 4 is 5.69 Å². The average molecular weight is 275 g/mol. The molecule has 1 aromatic carbocycles. The van der Waals surface area contributed by atoms with Crippen LogP contribution < -0.4 is 10.2 Å². The summed E-state index contributed by atoms with van der Waals surface area (Å²) in [7, 11) is 4.34. The number of aryl methyl sites for hydroxylation is 1. The summed E-state index contributed by atoms with van der Waals surface area (Å²) >= 11 is 0. The van der Waals surface area contributed by atoms with E-state index in [1.807, 2.05) is 0 Å². The Balaban J connectivity index is 2.10. The zero-order valence-electron chi connectivity index (χ0n) is 13.4. The van der Waals surface area contributed by atoms with Crippen molar-refractivity contribution in [3.63, 3.8) is 0 Å². The molecule has 1 atom stereocenters. The molecule has 1 aliphatic rings. The minimum Gasteiger partial charge on any atom is -0.367 e. The Hall–Kier alpha value is -1.06. The van der Waals surface area contributed by atoms with E-state index in [4.69, 9.17) is 0 Å². The number of nitrogens with one attached hydrogen (secondary N) is 1. The molecule has 0 bridgehead atoms. The second-order valence-corrected chi connectivity index (χ2v) is 6.14. The number of rotatable bonds is 6. The molecule has 0 aromatic heterocycles. The molecule has 1 fully saturated rings. The largest absolute Gasteiger partial charge is 0.367 e. The van der Waals surface area contributed by atoms with Crippen molar-refractivity contribution in [2.45, 2.75) is 39.3 Å². The van der Waals surface area contributed by atoms with Crippen LogP contribution in [0.3, 0.4) is 0 Å². The van der Waals surface area contributed by atoms with E-state index < -0.39 is 0 Å². The van der Waals surface area contributed by atoms with Gasteiger partial charge >= 0.3 is 0 Å². The van der Waals surface area contributed by atoms with Gasteiger partial charge in [-0.25, -0.2) is 0 Å². The predicted molar refractivity (Wildman–Crippen MR) is 87.5 cm³/mol. The molecule has 0 radical (unpaired) electrons. The van der Waals surface area contributed by atoms with Gasteiger partial charge in [0.25, 0.3) is 0 Å². The van der Waals surface area contributed by atoms with Crippen molar-refractivity contribution in [2.75, 3.05) is 38.6 Å². The SMILES string of the molecule is CCNCc1ccc(N2CCCC2CN(C)C)cc1C. The molecule has 0 saturated carbocycles. The van der Waals surface area contributed by atoms with Gasteiger partial charge in [0, 0.05) is 31.4 Å². The highest BCUT2D eigenvalue weighted by Gasteiger charge is 2.25. The fourth-order valence-electron chi connectivity index (χ4n) is 3.10. The van der Waals surface area contributed by atoms with Gasteiger partial charge in [-0.3, -0.25) is 0 Å². The summed E-state index contributed by atoms with van der Waals surface area (Å²) in [6, 6.07) is 7.62. The van der Waals surface area contributed by atoms with Crippen LogP contribution in [-0.2, 0) is 6.54 Å². The topological polar surface area (TPSA) is 18.5 Å². The zero-order chi connectivity index (χ0) is 14.5. The molecule has 1 unspecified atom stereocenters. The maximum absolute atomic E-state index is 3.41. The van der Waals surface area contributed by atoms with Crippen molar-refractivity contribution in [3.8, 4) is 0 Å². The maximum Gasteiger partial charge on any atom is 0.0417 e. The minimum atomic E-state index is 0.670. The molecule has 0 aliphatic carbocycles. The van der Waals surface area contributed by atoms with Crippen LogP contribution in [0.15, 0.2) is 18.2 Å². The summed E-state index contributed by atoms with van der Waals surface area (Å²) in [6.45, 7) is 8.73. The van der Waals surface area contributed by atoms with Crippen LogP contribution in [-0.4, -0.2) is 44.7 Å². The van der Waals surface area contributed by atoms with E-state index in [0.29, 0.717) is 6.04 Å². The Bertz CT molecular complexity index is 428. The molecule has 2 rings (SSSR count). The van der Waals surface area contributed by atoms with Gasteiger partial charge in [-0.2, -0.15) is 0 Å². The molecule has 112 valence electrons. The normalized spacial score (nSPS) is 19.1. The van der Waals surface area contributed by atoms with Crippen LogP contribution in [0.2, 0.25) is 0 Å². The molecule has 1 aliphatic heterocycles. The lowest BCUT2D eigenvalue weighted by molar-refractivity contribution is 0.372. The lowest BCUT2D eigenvalue weighted by atomic mass is 10.1. The van der Waals surface area contributed by atoms with Gasteiger partial charge in [0.05, 0.1) is 0 Å². The van der Waals surface area contributed by atoms with E-state index in [1.54, 1.807) is 0 Å². The Labute approximate surface area is 124 Å². The van der Waals surface area contributed by atoms with Crippen LogP contribution in [0.4, 0.5) is 5.69 Å². The summed E-state index contributed by atoms with van der Waals surface area (Å²) in [4.78, 5) is 4.89. The lowest BCUT2D eigenvalue weighted by Gasteiger charge is -2.29. The summed E-state index contributed by atoms with van der Waals surface area (Å²) in [6.07, 6.45) is 2.63. The van der Waals surface area contributed by atoms with Gasteiger partial charge in [-0.05, 0) is 63.7 Å². The van der Waals surface area contributed by atoms with Crippen LogP contribution in [0.5, 0.6) is 0 Å². The number of hydrogen-bond acceptors (Lipinski definition) is 3. The third-order valence-electron chi connectivity index (χ3n) is 4.18. The first-order chi connectivity index (χ1) is 9.61. The van der Waals surface area contributed by atoms with Gasteiger partial charge in [-0.1, -0.05) is 13.0 Å². The highest BCUT2D eigenvalue weighted by Crippen LogP contribution is 2.27. The van der Waals surface area contributed by atoms with E-state index in [2.05, 4.69) is 61.3 Å². The maximum atomic E-state index is 3.41. The van der Waals surface area contributed by atoms with Crippen molar-refractivity contribution in [1.29, 1.82) is 0 Å². The third-order valence-corrected chi connectivity index (χ3v) is 4.18. The number of nitrogens with zero attached hydrogens (tertiary/aromatic N) is 2. The monoisotopic (exact) mass is 275 g/mol. The molecule has 3 nitrogen and oxygen atoms in total. The van der Waals surface area contributed by atoms with Gasteiger partial charge in [0.15, 0.2) is 0 Å². The Morgan fingerprint density at radius 2 is 2.15 bits per heavy atom. The Morgan fingerprint density at radius 1 is 1.35 bits per heavy atom. The van der Waals surface area contributed by atoms with Crippen molar-refractivity contribution in [1.82, 2.24) is 10.2 Å². The number of likely N-dealkylation sites (N-methyl/N-ethyl adjacent to an activating group) is 1. The first-order valence-corrected chi connectivity index (χ1v) is 7.83. The lowest BCUT2D eigenvalue weighted by Crippen LogP contribution is -2.37. The van der Waals surface area contributed by atoms with E-state index in [0.717, 1.165) is 19.6 Å². The standard InChI is InChI=1S/C17H29N3/c1-5-18-12-15-8-9-16(11-14(15)2)20-10-6-7-17(20)13-19(3)4/h8-9,11,17-18H,5-7,10,12-13H2,1-4H3. The molecule has 20 heavy (non-hydrogen) atoms.